The van der Waals surface area contributed by atoms with Gasteiger partial charge in [0, 0.05) is 25.4 Å². The Bertz CT molecular complexity index is 1220. The topological polar surface area (TPSA) is 75.0 Å². The summed E-state index contributed by atoms with van der Waals surface area (Å²) in [7, 11) is 0. The van der Waals surface area contributed by atoms with Gasteiger partial charge in [-0.05, 0) is 75.1 Å². The predicted octanol–water partition coefficient (Wildman–Crippen LogP) is 5.59. The Hall–Kier alpha value is -3.65. The van der Waals surface area contributed by atoms with E-state index >= 15 is 0 Å². The molecule has 1 aliphatic heterocycles. The Morgan fingerprint density at radius 3 is 2.43 bits per heavy atom. The SMILES string of the molecule is Cc1ccc(NC(=O)N(CC(=O)N(Cc2ccc(F)cc2)Cc2ccc(C)o2)CC2CCCO2)c(C)c1. The molecule has 2 aromatic carbocycles. The minimum atomic E-state index is -0.355. The van der Waals surface area contributed by atoms with Gasteiger partial charge in [0.15, 0.2) is 0 Å². The Balaban J connectivity index is 1.53. The first-order valence-electron chi connectivity index (χ1n) is 12.6. The molecule has 1 unspecified atom stereocenters. The van der Waals surface area contributed by atoms with Crippen molar-refractivity contribution in [2.45, 2.75) is 52.8 Å². The lowest BCUT2D eigenvalue weighted by Crippen LogP contribution is -2.46. The van der Waals surface area contributed by atoms with E-state index in [0.29, 0.717) is 24.6 Å². The maximum Gasteiger partial charge on any atom is 0.322 e. The molecule has 0 saturated carbocycles. The zero-order chi connectivity index (χ0) is 26.4. The van der Waals surface area contributed by atoms with Crippen molar-refractivity contribution in [3.63, 3.8) is 0 Å². The molecule has 3 aromatic rings. The normalized spacial score (nSPS) is 15.0. The van der Waals surface area contributed by atoms with E-state index < -0.39 is 0 Å². The number of nitrogens with one attached hydrogen (secondary N) is 1. The number of anilines is 1. The third kappa shape index (κ3) is 7.43. The molecule has 1 atom stereocenters. The van der Waals surface area contributed by atoms with Crippen LogP contribution in [-0.4, -0.2) is 47.5 Å². The van der Waals surface area contributed by atoms with Crippen LogP contribution in [0.5, 0.6) is 0 Å². The van der Waals surface area contributed by atoms with Gasteiger partial charge in [-0.2, -0.15) is 0 Å². The quantitative estimate of drug-likeness (QED) is 0.410. The minimum absolute atomic E-state index is 0.115. The number of benzene rings is 2. The number of carbonyl (C=O) groups is 2. The summed E-state index contributed by atoms with van der Waals surface area (Å²) < 4.78 is 24.9. The van der Waals surface area contributed by atoms with Gasteiger partial charge in [0.2, 0.25) is 5.91 Å². The van der Waals surface area contributed by atoms with Gasteiger partial charge in [-0.15, -0.1) is 0 Å². The van der Waals surface area contributed by atoms with E-state index in [1.165, 1.54) is 17.0 Å². The zero-order valence-corrected chi connectivity index (χ0v) is 21.6. The summed E-state index contributed by atoms with van der Waals surface area (Å²) >= 11 is 0. The molecule has 4 rings (SSSR count). The second kappa shape index (κ2) is 12.1. The van der Waals surface area contributed by atoms with Crippen LogP contribution in [0.25, 0.3) is 0 Å². The van der Waals surface area contributed by atoms with Crippen molar-refractivity contribution in [2.75, 3.05) is 25.0 Å². The number of hydrogen-bond acceptors (Lipinski definition) is 4. The van der Waals surface area contributed by atoms with Crippen LogP contribution < -0.4 is 5.32 Å². The van der Waals surface area contributed by atoms with Crippen molar-refractivity contribution < 1.29 is 23.1 Å². The van der Waals surface area contributed by atoms with Crippen LogP contribution in [0.3, 0.4) is 0 Å². The van der Waals surface area contributed by atoms with E-state index in [1.807, 2.05) is 51.1 Å². The third-order valence-corrected chi connectivity index (χ3v) is 6.47. The number of aryl methyl sites for hydroxylation is 3. The Morgan fingerprint density at radius 1 is 1.00 bits per heavy atom. The van der Waals surface area contributed by atoms with Crippen LogP contribution in [-0.2, 0) is 22.6 Å². The maximum absolute atomic E-state index is 13.6. The van der Waals surface area contributed by atoms with E-state index in [1.54, 1.807) is 17.0 Å². The van der Waals surface area contributed by atoms with E-state index in [0.717, 1.165) is 35.3 Å². The Morgan fingerprint density at radius 2 is 1.78 bits per heavy atom. The number of nitrogens with zero attached hydrogens (tertiary/aromatic N) is 2. The van der Waals surface area contributed by atoms with Crippen LogP contribution in [0.4, 0.5) is 14.9 Å². The average molecular weight is 508 g/mol. The molecular weight excluding hydrogens is 473 g/mol. The zero-order valence-electron chi connectivity index (χ0n) is 21.6. The highest BCUT2D eigenvalue weighted by Crippen LogP contribution is 2.19. The lowest BCUT2D eigenvalue weighted by molar-refractivity contribution is -0.133. The monoisotopic (exact) mass is 507 g/mol. The molecule has 3 amide bonds. The van der Waals surface area contributed by atoms with Crippen molar-refractivity contribution in [3.05, 3.63) is 88.6 Å². The molecule has 0 radical (unpaired) electrons. The molecule has 1 aliphatic rings. The summed E-state index contributed by atoms with van der Waals surface area (Å²) in [4.78, 5) is 30.1. The average Bonchev–Trinajstić information content (AvgIpc) is 3.52. The van der Waals surface area contributed by atoms with Gasteiger partial charge in [-0.1, -0.05) is 29.8 Å². The molecule has 7 nitrogen and oxygen atoms in total. The van der Waals surface area contributed by atoms with Crippen LogP contribution in [0.15, 0.2) is 59.0 Å². The van der Waals surface area contributed by atoms with E-state index in [4.69, 9.17) is 9.15 Å². The van der Waals surface area contributed by atoms with Crippen molar-refractivity contribution in [1.29, 1.82) is 0 Å². The highest BCUT2D eigenvalue weighted by Gasteiger charge is 2.27. The number of urea groups is 1. The van der Waals surface area contributed by atoms with Crippen LogP contribution >= 0.6 is 0 Å². The van der Waals surface area contributed by atoms with E-state index in [-0.39, 0.29) is 43.5 Å². The molecule has 1 N–H and O–H groups in total. The molecule has 37 heavy (non-hydrogen) atoms. The predicted molar refractivity (Wildman–Crippen MR) is 140 cm³/mol. The van der Waals surface area contributed by atoms with Crippen LogP contribution in [0.2, 0.25) is 0 Å². The summed E-state index contributed by atoms with van der Waals surface area (Å²) in [6.07, 6.45) is 1.66. The standard InChI is InChI=1S/C29H34FN3O4/c1-20-6-13-27(21(2)15-20)31-29(35)33(17-25-5-4-14-36-25)19-28(34)32(18-26-12-7-22(3)37-26)16-23-8-10-24(30)11-9-23/h6-13,15,25H,4-5,14,16-19H2,1-3H3,(H,31,35). The first-order chi connectivity index (χ1) is 17.8. The highest BCUT2D eigenvalue weighted by atomic mass is 19.1. The molecular formula is C29H34FN3O4. The number of ether oxygens (including phenoxy) is 1. The lowest BCUT2D eigenvalue weighted by Gasteiger charge is -2.29. The van der Waals surface area contributed by atoms with Gasteiger partial charge in [0.05, 0.1) is 12.6 Å². The molecule has 0 spiro atoms. The van der Waals surface area contributed by atoms with Crippen LogP contribution in [0, 0.1) is 26.6 Å². The van der Waals surface area contributed by atoms with Crippen molar-refractivity contribution in [1.82, 2.24) is 9.80 Å². The number of carbonyl (C=O) groups excluding carboxylic acids is 2. The van der Waals surface area contributed by atoms with Crippen molar-refractivity contribution >= 4 is 17.6 Å². The molecule has 1 fully saturated rings. The molecule has 1 aromatic heterocycles. The second-order valence-electron chi connectivity index (χ2n) is 9.65. The van der Waals surface area contributed by atoms with Crippen molar-refractivity contribution in [2.24, 2.45) is 0 Å². The summed E-state index contributed by atoms with van der Waals surface area (Å²) in [5, 5.41) is 2.97. The lowest BCUT2D eigenvalue weighted by atomic mass is 10.1. The first kappa shape index (κ1) is 26.4. The summed E-state index contributed by atoms with van der Waals surface area (Å²) in [5.74, 6) is 0.802. The fraction of sp³-hybridized carbons (Fsp3) is 0.379. The van der Waals surface area contributed by atoms with Gasteiger partial charge in [-0.3, -0.25) is 4.79 Å². The molecule has 0 bridgehead atoms. The smallest absolute Gasteiger partial charge is 0.322 e. The molecule has 8 heteroatoms. The number of rotatable bonds is 9. The largest absolute Gasteiger partial charge is 0.464 e. The summed E-state index contributed by atoms with van der Waals surface area (Å²) in [5.41, 5.74) is 3.53. The molecule has 196 valence electrons. The fourth-order valence-corrected chi connectivity index (χ4v) is 4.47. The van der Waals surface area contributed by atoms with Gasteiger partial charge in [0.25, 0.3) is 0 Å². The van der Waals surface area contributed by atoms with E-state index in [2.05, 4.69) is 5.32 Å². The number of amides is 3. The van der Waals surface area contributed by atoms with Crippen molar-refractivity contribution in [3.8, 4) is 0 Å². The first-order valence-corrected chi connectivity index (χ1v) is 12.6. The minimum Gasteiger partial charge on any atom is -0.464 e. The fourth-order valence-electron chi connectivity index (χ4n) is 4.47. The number of halogens is 1. The Labute approximate surface area is 217 Å². The second-order valence-corrected chi connectivity index (χ2v) is 9.65. The van der Waals surface area contributed by atoms with Crippen LogP contribution in [0.1, 0.15) is 41.1 Å². The van der Waals surface area contributed by atoms with Gasteiger partial charge in [-0.25, -0.2) is 9.18 Å². The maximum atomic E-state index is 13.6. The Kier molecular flexibility index (Phi) is 8.61. The molecule has 0 aliphatic carbocycles. The number of furan rings is 1. The highest BCUT2D eigenvalue weighted by molar-refractivity contribution is 5.93. The van der Waals surface area contributed by atoms with Gasteiger partial charge >= 0.3 is 6.03 Å². The van der Waals surface area contributed by atoms with Gasteiger partial charge in [0.1, 0.15) is 23.9 Å². The number of hydrogen-bond donors (Lipinski definition) is 1. The van der Waals surface area contributed by atoms with E-state index in [9.17, 15) is 14.0 Å². The molecule has 2 heterocycles. The summed E-state index contributed by atoms with van der Waals surface area (Å²) in [6.45, 7) is 7.10. The van der Waals surface area contributed by atoms with Gasteiger partial charge < -0.3 is 24.3 Å². The summed E-state index contributed by atoms with van der Waals surface area (Å²) in [6, 6.07) is 15.2. The third-order valence-electron chi connectivity index (χ3n) is 6.47. The molecule has 1 saturated heterocycles.